The molecule has 0 bridgehead atoms. The molecule has 0 aliphatic carbocycles. The summed E-state index contributed by atoms with van der Waals surface area (Å²) in [6.45, 7) is 4.13. The first kappa shape index (κ1) is 8.52. The molecule has 0 unspecified atom stereocenters. The molecule has 0 radical (unpaired) electrons. The van der Waals surface area contributed by atoms with Crippen LogP contribution in [-0.2, 0) is 0 Å². The first-order chi connectivity index (χ1) is 6.18. The Bertz CT molecular complexity index is 463. The van der Waals surface area contributed by atoms with Crippen LogP contribution in [0.15, 0.2) is 24.3 Å². The summed E-state index contributed by atoms with van der Waals surface area (Å²) in [5.41, 5.74) is 3.42. The molecule has 0 aliphatic rings. The van der Waals surface area contributed by atoms with E-state index in [1.165, 1.54) is 16.5 Å². The van der Waals surface area contributed by atoms with Gasteiger partial charge in [0.2, 0.25) is 0 Å². The summed E-state index contributed by atoms with van der Waals surface area (Å²) in [7, 11) is 0. The molecule has 0 saturated heterocycles. The molecule has 0 saturated carbocycles. The van der Waals surface area contributed by atoms with E-state index >= 15 is 0 Å². The topological polar surface area (TPSA) is 12.9 Å². The fourth-order valence-corrected chi connectivity index (χ4v) is 1.62. The van der Waals surface area contributed by atoms with Gasteiger partial charge in [-0.15, -0.1) is 0 Å². The minimum atomic E-state index is 0.557. The van der Waals surface area contributed by atoms with E-state index in [4.69, 9.17) is 11.6 Å². The molecule has 0 atom stereocenters. The lowest BCUT2D eigenvalue weighted by molar-refractivity contribution is 1.35. The number of benzene rings is 1. The first-order valence-corrected chi connectivity index (χ1v) is 4.59. The quantitative estimate of drug-likeness (QED) is 0.581. The minimum absolute atomic E-state index is 0.557. The predicted molar refractivity (Wildman–Crippen MR) is 56.2 cm³/mol. The molecule has 66 valence electrons. The van der Waals surface area contributed by atoms with Gasteiger partial charge < -0.3 is 0 Å². The zero-order chi connectivity index (χ0) is 9.42. The number of halogens is 1. The van der Waals surface area contributed by atoms with Crippen LogP contribution in [0.3, 0.4) is 0 Å². The highest BCUT2D eigenvalue weighted by molar-refractivity contribution is 6.29. The molecule has 2 rings (SSSR count). The maximum absolute atomic E-state index is 5.83. The zero-order valence-electron chi connectivity index (χ0n) is 7.63. The van der Waals surface area contributed by atoms with Gasteiger partial charge in [-0.1, -0.05) is 23.7 Å². The second-order valence-electron chi connectivity index (χ2n) is 3.23. The van der Waals surface area contributed by atoms with Crippen LogP contribution in [0.4, 0.5) is 0 Å². The van der Waals surface area contributed by atoms with Crippen LogP contribution >= 0.6 is 11.6 Å². The number of pyridine rings is 1. The maximum Gasteiger partial charge on any atom is 0.129 e. The molecule has 0 aliphatic heterocycles. The second kappa shape index (κ2) is 3.00. The summed E-state index contributed by atoms with van der Waals surface area (Å²) < 4.78 is 0. The van der Waals surface area contributed by atoms with E-state index in [0.29, 0.717) is 5.15 Å². The van der Waals surface area contributed by atoms with Crippen LogP contribution in [0.25, 0.3) is 10.9 Å². The van der Waals surface area contributed by atoms with Crippen LogP contribution in [0, 0.1) is 13.8 Å². The van der Waals surface area contributed by atoms with Gasteiger partial charge in [-0.25, -0.2) is 4.98 Å². The van der Waals surface area contributed by atoms with E-state index in [0.717, 1.165) is 5.52 Å². The standard InChI is InChI=1S/C11H10ClN/c1-7-3-4-8(2)11-9(7)5-6-10(12)13-11/h3-6H,1-2H3. The normalized spacial score (nSPS) is 10.7. The number of fused-ring (bicyclic) bond motifs is 1. The van der Waals surface area contributed by atoms with Gasteiger partial charge >= 0.3 is 0 Å². The summed E-state index contributed by atoms with van der Waals surface area (Å²) in [4.78, 5) is 4.30. The van der Waals surface area contributed by atoms with Crippen LogP contribution in [0.2, 0.25) is 5.15 Å². The number of aromatic nitrogens is 1. The average Bonchev–Trinajstić information content (AvgIpc) is 2.12. The highest BCUT2D eigenvalue weighted by Gasteiger charge is 2.01. The summed E-state index contributed by atoms with van der Waals surface area (Å²) in [6, 6.07) is 8.03. The van der Waals surface area contributed by atoms with Gasteiger partial charge in [-0.05, 0) is 37.1 Å². The summed E-state index contributed by atoms with van der Waals surface area (Å²) >= 11 is 5.83. The molecule has 1 nitrogen and oxygen atoms in total. The van der Waals surface area contributed by atoms with Crippen LogP contribution in [-0.4, -0.2) is 4.98 Å². The molecular weight excluding hydrogens is 182 g/mol. The summed E-state index contributed by atoms with van der Waals surface area (Å²) in [6.07, 6.45) is 0. The third-order valence-corrected chi connectivity index (χ3v) is 2.45. The Kier molecular flexibility index (Phi) is 1.97. The van der Waals surface area contributed by atoms with Crippen LogP contribution in [0.5, 0.6) is 0 Å². The number of nitrogens with zero attached hydrogens (tertiary/aromatic N) is 1. The van der Waals surface area contributed by atoms with E-state index in [1.807, 2.05) is 19.1 Å². The fourth-order valence-electron chi connectivity index (χ4n) is 1.47. The first-order valence-electron chi connectivity index (χ1n) is 4.21. The monoisotopic (exact) mass is 191 g/mol. The minimum Gasteiger partial charge on any atom is -0.236 e. The van der Waals surface area contributed by atoms with E-state index < -0.39 is 0 Å². The third-order valence-electron chi connectivity index (χ3n) is 2.24. The van der Waals surface area contributed by atoms with Gasteiger partial charge in [0.1, 0.15) is 5.15 Å². The second-order valence-corrected chi connectivity index (χ2v) is 3.62. The summed E-state index contributed by atoms with van der Waals surface area (Å²) in [5.74, 6) is 0. The smallest absolute Gasteiger partial charge is 0.129 e. The van der Waals surface area contributed by atoms with E-state index in [2.05, 4.69) is 24.0 Å². The Hall–Kier alpha value is -1.08. The van der Waals surface area contributed by atoms with Crippen LogP contribution < -0.4 is 0 Å². The fraction of sp³-hybridized carbons (Fsp3) is 0.182. The van der Waals surface area contributed by atoms with Gasteiger partial charge in [0.05, 0.1) is 5.52 Å². The highest BCUT2D eigenvalue weighted by Crippen LogP contribution is 2.21. The lowest BCUT2D eigenvalue weighted by atomic mass is 10.1. The molecule has 13 heavy (non-hydrogen) atoms. The van der Waals surface area contributed by atoms with Gasteiger partial charge in [0.15, 0.2) is 0 Å². The maximum atomic E-state index is 5.83. The average molecular weight is 192 g/mol. The molecule has 1 aromatic heterocycles. The molecule has 1 heterocycles. The van der Waals surface area contributed by atoms with Crippen molar-refractivity contribution in [3.63, 3.8) is 0 Å². The number of hydrogen-bond donors (Lipinski definition) is 0. The Labute approximate surface area is 82.4 Å². The largest absolute Gasteiger partial charge is 0.236 e. The highest BCUT2D eigenvalue weighted by atomic mass is 35.5. The van der Waals surface area contributed by atoms with E-state index in [9.17, 15) is 0 Å². The molecule has 0 amide bonds. The molecule has 0 N–H and O–H groups in total. The van der Waals surface area contributed by atoms with Crippen LogP contribution in [0.1, 0.15) is 11.1 Å². The molecule has 0 spiro atoms. The summed E-state index contributed by atoms with van der Waals surface area (Å²) in [5, 5.41) is 1.74. The van der Waals surface area contributed by atoms with Crippen molar-refractivity contribution in [2.24, 2.45) is 0 Å². The number of rotatable bonds is 0. The van der Waals surface area contributed by atoms with Crippen molar-refractivity contribution in [3.05, 3.63) is 40.5 Å². The Morgan fingerprint density at radius 2 is 1.69 bits per heavy atom. The molecule has 2 heteroatoms. The Morgan fingerprint density at radius 1 is 1.00 bits per heavy atom. The zero-order valence-corrected chi connectivity index (χ0v) is 8.39. The lowest BCUT2D eigenvalue weighted by Crippen LogP contribution is -1.86. The molecular formula is C11H10ClN. The Balaban J connectivity index is 2.92. The molecule has 1 aromatic carbocycles. The SMILES string of the molecule is Cc1ccc(C)c2nc(Cl)ccc12. The third kappa shape index (κ3) is 1.40. The van der Waals surface area contributed by atoms with Crippen molar-refractivity contribution in [2.45, 2.75) is 13.8 Å². The van der Waals surface area contributed by atoms with Crippen molar-refractivity contribution in [1.29, 1.82) is 0 Å². The lowest BCUT2D eigenvalue weighted by Gasteiger charge is -2.04. The van der Waals surface area contributed by atoms with Crippen molar-refractivity contribution in [3.8, 4) is 0 Å². The van der Waals surface area contributed by atoms with Crippen molar-refractivity contribution in [1.82, 2.24) is 4.98 Å². The van der Waals surface area contributed by atoms with Gasteiger partial charge in [-0.3, -0.25) is 0 Å². The van der Waals surface area contributed by atoms with Crippen molar-refractivity contribution < 1.29 is 0 Å². The van der Waals surface area contributed by atoms with Gasteiger partial charge in [-0.2, -0.15) is 0 Å². The Morgan fingerprint density at radius 3 is 2.46 bits per heavy atom. The molecule has 0 fully saturated rings. The number of hydrogen-bond acceptors (Lipinski definition) is 1. The van der Waals surface area contributed by atoms with Crippen molar-refractivity contribution in [2.75, 3.05) is 0 Å². The van der Waals surface area contributed by atoms with Crippen molar-refractivity contribution >= 4 is 22.5 Å². The molecule has 2 aromatic rings. The van der Waals surface area contributed by atoms with E-state index in [1.54, 1.807) is 0 Å². The van der Waals surface area contributed by atoms with Gasteiger partial charge in [0.25, 0.3) is 0 Å². The van der Waals surface area contributed by atoms with E-state index in [-0.39, 0.29) is 0 Å². The number of aryl methyl sites for hydroxylation is 2. The van der Waals surface area contributed by atoms with Gasteiger partial charge in [0, 0.05) is 5.39 Å². The predicted octanol–water partition coefficient (Wildman–Crippen LogP) is 3.51.